The van der Waals surface area contributed by atoms with Crippen molar-refractivity contribution >= 4 is 29.4 Å². The van der Waals surface area contributed by atoms with E-state index >= 15 is 0 Å². The van der Waals surface area contributed by atoms with Crippen LogP contribution in [-0.4, -0.2) is 62.9 Å². The minimum atomic E-state index is -4.87. The van der Waals surface area contributed by atoms with Crippen LogP contribution in [0.15, 0.2) is 42.7 Å². The highest BCUT2D eigenvalue weighted by atomic mass is 32.2. The van der Waals surface area contributed by atoms with Crippen molar-refractivity contribution in [3.8, 4) is 0 Å². The fraction of sp³-hybridized carbons (Fsp3) is 0.400. The third-order valence-corrected chi connectivity index (χ3v) is 5.36. The molecular formula is C20H23F3N4O4S. The number of amides is 2. The topological polar surface area (TPSA) is 124 Å². The molecule has 0 bridgehead atoms. The highest BCUT2D eigenvalue weighted by Gasteiger charge is 2.37. The van der Waals surface area contributed by atoms with Gasteiger partial charge in [-0.2, -0.15) is 24.9 Å². The second-order valence-corrected chi connectivity index (χ2v) is 7.86. The Hall–Kier alpha value is -2.86. The third-order valence-electron chi connectivity index (χ3n) is 4.32. The monoisotopic (exact) mass is 472 g/mol. The van der Waals surface area contributed by atoms with E-state index in [2.05, 4.69) is 20.6 Å². The minimum Gasteiger partial charge on any atom is -0.387 e. The number of aromatic amines is 1. The van der Waals surface area contributed by atoms with E-state index in [1.165, 1.54) is 12.4 Å². The number of imidazole rings is 1. The predicted octanol–water partition coefficient (Wildman–Crippen LogP) is 2.00. The lowest BCUT2D eigenvalue weighted by Gasteiger charge is -2.19. The van der Waals surface area contributed by atoms with Crippen molar-refractivity contribution in [3.05, 3.63) is 54.1 Å². The van der Waals surface area contributed by atoms with Gasteiger partial charge in [-0.05, 0) is 24.2 Å². The van der Waals surface area contributed by atoms with Gasteiger partial charge in [-0.25, -0.2) is 4.98 Å². The molecule has 1 aromatic heterocycles. The molecule has 2 amide bonds. The van der Waals surface area contributed by atoms with Gasteiger partial charge in [-0.1, -0.05) is 30.3 Å². The molecule has 12 heteroatoms. The van der Waals surface area contributed by atoms with Crippen LogP contribution >= 0.6 is 11.8 Å². The lowest BCUT2D eigenvalue weighted by Crippen LogP contribution is -2.47. The van der Waals surface area contributed by atoms with Gasteiger partial charge in [0.15, 0.2) is 5.82 Å². The summed E-state index contributed by atoms with van der Waals surface area (Å²) >= 11 is 0.802. The van der Waals surface area contributed by atoms with Crippen molar-refractivity contribution in [3.63, 3.8) is 0 Å². The molecule has 1 heterocycles. The zero-order valence-corrected chi connectivity index (χ0v) is 17.7. The summed E-state index contributed by atoms with van der Waals surface area (Å²) in [6, 6.07) is 7.67. The number of aliphatic hydroxyl groups excluding tert-OH is 1. The van der Waals surface area contributed by atoms with E-state index in [9.17, 15) is 32.7 Å². The van der Waals surface area contributed by atoms with Crippen LogP contribution < -0.4 is 10.6 Å². The summed E-state index contributed by atoms with van der Waals surface area (Å²) in [7, 11) is 0. The number of ketones is 1. The zero-order chi connectivity index (χ0) is 23.6. The van der Waals surface area contributed by atoms with E-state index in [1.54, 1.807) is 30.3 Å². The number of halogens is 3. The number of carbonyl (C=O) groups is 3. The minimum absolute atomic E-state index is 0.00253. The SMILES string of the molecule is O=C(N[C@@H](CCCSCC(=O)C(F)(F)F)C(=O)NCC(O)c1ccccc1)c1ncc[nH]1. The number of Topliss-reactive ketones (excluding diaryl/α,β-unsaturated/α-hetero) is 1. The fourth-order valence-corrected chi connectivity index (χ4v) is 3.50. The molecule has 4 N–H and O–H groups in total. The van der Waals surface area contributed by atoms with Crippen LogP contribution in [0.4, 0.5) is 13.2 Å². The summed E-state index contributed by atoms with van der Waals surface area (Å²) in [6.07, 6.45) is -2.62. The van der Waals surface area contributed by atoms with Crippen LogP contribution in [0.5, 0.6) is 0 Å². The van der Waals surface area contributed by atoms with Crippen molar-refractivity contribution in [2.24, 2.45) is 0 Å². The number of hydrogen-bond donors (Lipinski definition) is 4. The molecule has 32 heavy (non-hydrogen) atoms. The highest BCUT2D eigenvalue weighted by molar-refractivity contribution is 7.99. The molecule has 0 saturated heterocycles. The van der Waals surface area contributed by atoms with Gasteiger partial charge in [0.2, 0.25) is 11.7 Å². The predicted molar refractivity (Wildman–Crippen MR) is 112 cm³/mol. The Kier molecular flexibility index (Phi) is 9.72. The molecule has 174 valence electrons. The zero-order valence-electron chi connectivity index (χ0n) is 16.9. The Labute approximate surface area is 186 Å². The second-order valence-electron chi connectivity index (χ2n) is 6.75. The van der Waals surface area contributed by atoms with Gasteiger partial charge < -0.3 is 20.7 Å². The van der Waals surface area contributed by atoms with Gasteiger partial charge in [0.1, 0.15) is 6.04 Å². The lowest BCUT2D eigenvalue weighted by molar-refractivity contribution is -0.167. The summed E-state index contributed by atoms with van der Waals surface area (Å²) in [6.45, 7) is -0.0925. The number of H-pyrrole nitrogens is 1. The number of nitrogens with zero attached hydrogens (tertiary/aromatic N) is 1. The van der Waals surface area contributed by atoms with E-state index in [-0.39, 0.29) is 31.0 Å². The lowest BCUT2D eigenvalue weighted by atomic mass is 10.1. The van der Waals surface area contributed by atoms with E-state index in [0.717, 1.165) is 11.8 Å². The van der Waals surface area contributed by atoms with Crippen LogP contribution in [0.3, 0.4) is 0 Å². The average Bonchev–Trinajstić information content (AvgIpc) is 3.31. The standard InChI is InChI=1S/C20H23F3N4O4S/c21-20(22,23)16(29)12-32-10-4-7-14(27-19(31)17-24-8-9-25-17)18(30)26-11-15(28)13-5-2-1-3-6-13/h1-3,5-6,8-9,14-15,28H,4,7,10-12H2,(H,24,25)(H,26,30)(H,27,31)/t14-,15?/m0/s1. The molecule has 1 aromatic carbocycles. The summed E-state index contributed by atoms with van der Waals surface area (Å²) in [5.74, 6) is -3.53. The van der Waals surface area contributed by atoms with Crippen molar-refractivity contribution in [1.29, 1.82) is 0 Å². The molecule has 0 spiro atoms. The second kappa shape index (κ2) is 12.2. The normalized spacial score (nSPS) is 13.2. The van der Waals surface area contributed by atoms with E-state index in [1.807, 2.05) is 0 Å². The van der Waals surface area contributed by atoms with Crippen LogP contribution in [0.1, 0.15) is 35.1 Å². The van der Waals surface area contributed by atoms with Gasteiger partial charge >= 0.3 is 6.18 Å². The molecule has 0 saturated carbocycles. The largest absolute Gasteiger partial charge is 0.450 e. The molecule has 0 fully saturated rings. The molecule has 1 unspecified atom stereocenters. The van der Waals surface area contributed by atoms with E-state index in [0.29, 0.717) is 5.56 Å². The van der Waals surface area contributed by atoms with Crippen molar-refractivity contribution < 1.29 is 32.7 Å². The van der Waals surface area contributed by atoms with Crippen LogP contribution in [-0.2, 0) is 9.59 Å². The van der Waals surface area contributed by atoms with Crippen LogP contribution in [0, 0.1) is 0 Å². The molecule has 8 nitrogen and oxygen atoms in total. The Morgan fingerprint density at radius 1 is 1.19 bits per heavy atom. The number of benzene rings is 1. The van der Waals surface area contributed by atoms with E-state index in [4.69, 9.17) is 0 Å². The van der Waals surface area contributed by atoms with Gasteiger partial charge in [0.25, 0.3) is 5.91 Å². The number of aliphatic hydroxyl groups is 1. The quantitative estimate of drug-likeness (QED) is 0.351. The number of aromatic nitrogens is 2. The first kappa shape index (κ1) is 25.4. The molecule has 2 rings (SSSR count). The summed E-state index contributed by atoms with van der Waals surface area (Å²) in [5, 5.41) is 15.3. The number of hydrogen-bond acceptors (Lipinski definition) is 6. The molecule has 0 radical (unpaired) electrons. The summed E-state index contributed by atoms with van der Waals surface area (Å²) in [4.78, 5) is 42.2. The van der Waals surface area contributed by atoms with Crippen LogP contribution in [0.25, 0.3) is 0 Å². The van der Waals surface area contributed by atoms with Crippen molar-refractivity contribution in [2.45, 2.75) is 31.2 Å². The molecule has 0 aliphatic carbocycles. The van der Waals surface area contributed by atoms with Crippen molar-refractivity contribution in [1.82, 2.24) is 20.6 Å². The van der Waals surface area contributed by atoms with E-state index < -0.39 is 41.7 Å². The number of rotatable bonds is 12. The van der Waals surface area contributed by atoms with Gasteiger partial charge in [0, 0.05) is 18.9 Å². The Morgan fingerprint density at radius 3 is 2.53 bits per heavy atom. The van der Waals surface area contributed by atoms with Gasteiger partial charge in [-0.15, -0.1) is 0 Å². The first-order valence-electron chi connectivity index (χ1n) is 9.67. The number of carbonyl (C=O) groups excluding carboxylic acids is 3. The maximum atomic E-state index is 12.6. The molecule has 0 aliphatic heterocycles. The summed E-state index contributed by atoms with van der Waals surface area (Å²) < 4.78 is 36.8. The number of nitrogens with one attached hydrogen (secondary N) is 3. The first-order valence-corrected chi connectivity index (χ1v) is 10.8. The molecule has 2 atom stereocenters. The Bertz CT molecular complexity index is 879. The Morgan fingerprint density at radius 2 is 1.91 bits per heavy atom. The van der Waals surface area contributed by atoms with Crippen molar-refractivity contribution in [2.75, 3.05) is 18.1 Å². The first-order chi connectivity index (χ1) is 15.2. The maximum absolute atomic E-state index is 12.6. The fourth-order valence-electron chi connectivity index (χ4n) is 2.63. The number of thioether (sulfide) groups is 1. The Balaban J connectivity index is 1.89. The molecule has 0 aliphatic rings. The highest BCUT2D eigenvalue weighted by Crippen LogP contribution is 2.19. The van der Waals surface area contributed by atoms with Gasteiger partial charge in [-0.3, -0.25) is 14.4 Å². The van der Waals surface area contributed by atoms with Gasteiger partial charge in [0.05, 0.1) is 11.9 Å². The molecule has 2 aromatic rings. The third kappa shape index (κ3) is 8.35. The smallest absolute Gasteiger partial charge is 0.387 e. The maximum Gasteiger partial charge on any atom is 0.450 e. The molecular weight excluding hydrogens is 449 g/mol. The van der Waals surface area contributed by atoms with Crippen LogP contribution in [0.2, 0.25) is 0 Å². The summed E-state index contributed by atoms with van der Waals surface area (Å²) in [5.41, 5.74) is 0.606. The average molecular weight is 472 g/mol. The number of alkyl halides is 3.